The van der Waals surface area contributed by atoms with Crippen molar-refractivity contribution < 1.29 is 0 Å². The smallest absolute Gasteiger partial charge is 0.0548 e. The molecule has 0 amide bonds. The molecule has 0 aliphatic heterocycles. The Morgan fingerprint density at radius 2 is 0.873 bits per heavy atom. The molecular formula is C51H36N4. The van der Waals surface area contributed by atoms with Crippen molar-refractivity contribution in [1.82, 2.24) is 13.7 Å². The quantitative estimate of drug-likeness (QED) is 0.168. The van der Waals surface area contributed by atoms with Crippen molar-refractivity contribution >= 4 is 71.6 Å². The number of anilines is 3. The molecule has 0 radical (unpaired) electrons. The van der Waals surface area contributed by atoms with E-state index in [1.165, 1.54) is 65.8 Å². The molecule has 4 nitrogen and oxygen atoms in total. The van der Waals surface area contributed by atoms with E-state index in [0.717, 1.165) is 28.4 Å². The van der Waals surface area contributed by atoms with Crippen molar-refractivity contribution in [3.8, 4) is 17.1 Å². The molecule has 0 fully saturated rings. The SMILES string of the molecule is Cc1ccc(-n2c3ccccc3c3cc(N(c4ccccc4)c4ccc(-n5c6ccccc6c6cc7c(ccn7-c7ccccc7)cc65)cc4)ccc32)cc1. The zero-order valence-electron chi connectivity index (χ0n) is 30.3. The zero-order valence-corrected chi connectivity index (χ0v) is 30.3. The summed E-state index contributed by atoms with van der Waals surface area (Å²) in [6, 6.07) is 70.4. The van der Waals surface area contributed by atoms with Gasteiger partial charge in [-0.2, -0.15) is 0 Å². The number of hydrogen-bond acceptors (Lipinski definition) is 1. The van der Waals surface area contributed by atoms with E-state index in [4.69, 9.17) is 0 Å². The van der Waals surface area contributed by atoms with Crippen LogP contribution in [-0.4, -0.2) is 13.7 Å². The van der Waals surface area contributed by atoms with Crippen LogP contribution >= 0.6 is 0 Å². The zero-order chi connectivity index (χ0) is 36.5. The lowest BCUT2D eigenvalue weighted by atomic mass is 10.1. The fourth-order valence-electron chi connectivity index (χ4n) is 8.54. The van der Waals surface area contributed by atoms with Crippen molar-refractivity contribution in [1.29, 1.82) is 0 Å². The van der Waals surface area contributed by atoms with Gasteiger partial charge in [0.1, 0.15) is 0 Å². The Hall–Kier alpha value is -7.30. The highest BCUT2D eigenvalue weighted by atomic mass is 15.1. The first-order valence-electron chi connectivity index (χ1n) is 18.9. The standard InChI is InChI=1S/C51H36N4/c1-35-20-22-40(23-21-35)54-47-18-10-8-16-43(47)45-33-42(28-29-49(45)54)53(38-14-6-3-7-15-38)39-24-26-41(27-25-39)55-48-19-11-9-17-44(48)46-34-50-36(32-51(46)55)30-31-52(50)37-12-4-2-5-13-37/h2-34H,1H3. The highest BCUT2D eigenvalue weighted by molar-refractivity contribution is 6.14. The molecule has 55 heavy (non-hydrogen) atoms. The van der Waals surface area contributed by atoms with Gasteiger partial charge in [0.05, 0.1) is 27.6 Å². The second-order valence-electron chi connectivity index (χ2n) is 14.4. The van der Waals surface area contributed by atoms with E-state index in [1.54, 1.807) is 0 Å². The number of aromatic nitrogens is 3. The summed E-state index contributed by atoms with van der Waals surface area (Å²) in [5.41, 5.74) is 14.0. The number of nitrogens with zero attached hydrogens (tertiary/aromatic N) is 4. The molecule has 0 N–H and O–H groups in total. The summed E-state index contributed by atoms with van der Waals surface area (Å²) < 4.78 is 7.07. The van der Waals surface area contributed by atoms with Gasteiger partial charge in [0.25, 0.3) is 0 Å². The largest absolute Gasteiger partial charge is 0.317 e. The van der Waals surface area contributed by atoms with Crippen LogP contribution in [-0.2, 0) is 0 Å². The third-order valence-corrected chi connectivity index (χ3v) is 11.1. The molecule has 3 aromatic heterocycles. The topological polar surface area (TPSA) is 18.0 Å². The van der Waals surface area contributed by atoms with Crippen LogP contribution in [0.1, 0.15) is 5.56 Å². The number of hydrogen-bond donors (Lipinski definition) is 0. The molecule has 0 saturated heterocycles. The van der Waals surface area contributed by atoms with Crippen LogP contribution < -0.4 is 4.90 Å². The molecule has 8 aromatic carbocycles. The summed E-state index contributed by atoms with van der Waals surface area (Å²) in [4.78, 5) is 2.36. The highest BCUT2D eigenvalue weighted by Gasteiger charge is 2.19. The lowest BCUT2D eigenvalue weighted by Crippen LogP contribution is -2.10. The van der Waals surface area contributed by atoms with Crippen LogP contribution in [0.25, 0.3) is 71.6 Å². The second-order valence-corrected chi connectivity index (χ2v) is 14.4. The molecule has 11 rings (SSSR count). The van der Waals surface area contributed by atoms with Crippen LogP contribution in [0, 0.1) is 6.92 Å². The van der Waals surface area contributed by atoms with E-state index in [1.807, 2.05) is 0 Å². The summed E-state index contributed by atoms with van der Waals surface area (Å²) >= 11 is 0. The molecule has 0 unspecified atom stereocenters. The molecule has 0 saturated carbocycles. The predicted octanol–water partition coefficient (Wildman–Crippen LogP) is 13.6. The van der Waals surface area contributed by atoms with E-state index in [-0.39, 0.29) is 0 Å². The Morgan fingerprint density at radius 1 is 0.345 bits per heavy atom. The highest BCUT2D eigenvalue weighted by Crippen LogP contribution is 2.41. The van der Waals surface area contributed by atoms with Gasteiger partial charge in [0.15, 0.2) is 0 Å². The number of para-hydroxylation sites is 4. The van der Waals surface area contributed by atoms with E-state index >= 15 is 0 Å². The van der Waals surface area contributed by atoms with E-state index in [0.29, 0.717) is 0 Å². The molecule has 0 spiro atoms. The minimum Gasteiger partial charge on any atom is -0.317 e. The maximum Gasteiger partial charge on any atom is 0.0548 e. The first-order chi connectivity index (χ1) is 27.2. The van der Waals surface area contributed by atoms with Gasteiger partial charge in [-0.1, -0.05) is 90.5 Å². The van der Waals surface area contributed by atoms with Crippen LogP contribution in [0.4, 0.5) is 17.1 Å². The van der Waals surface area contributed by atoms with Gasteiger partial charge in [0, 0.05) is 67.3 Å². The first-order valence-corrected chi connectivity index (χ1v) is 18.9. The van der Waals surface area contributed by atoms with E-state index in [9.17, 15) is 0 Å². The second kappa shape index (κ2) is 12.4. The van der Waals surface area contributed by atoms with Crippen molar-refractivity contribution in [3.63, 3.8) is 0 Å². The lowest BCUT2D eigenvalue weighted by molar-refractivity contribution is 1.13. The number of benzene rings is 8. The number of fused-ring (bicyclic) bond motifs is 7. The summed E-state index contributed by atoms with van der Waals surface area (Å²) in [5, 5.41) is 6.17. The Bertz CT molecular complexity index is 3180. The minimum atomic E-state index is 1.10. The Kier molecular flexibility index (Phi) is 7.04. The summed E-state index contributed by atoms with van der Waals surface area (Å²) in [5.74, 6) is 0. The number of rotatable bonds is 6. The molecule has 0 bridgehead atoms. The van der Waals surface area contributed by atoms with E-state index in [2.05, 4.69) is 226 Å². The van der Waals surface area contributed by atoms with Crippen LogP contribution in [0.5, 0.6) is 0 Å². The maximum absolute atomic E-state index is 2.41. The fourth-order valence-corrected chi connectivity index (χ4v) is 8.54. The molecule has 11 aromatic rings. The Morgan fingerprint density at radius 3 is 1.56 bits per heavy atom. The summed E-state index contributed by atoms with van der Waals surface area (Å²) in [6.07, 6.45) is 2.18. The molecule has 4 heteroatoms. The van der Waals surface area contributed by atoms with Gasteiger partial charge < -0.3 is 18.6 Å². The summed E-state index contributed by atoms with van der Waals surface area (Å²) in [6.45, 7) is 2.14. The number of aryl methyl sites for hydroxylation is 1. The minimum absolute atomic E-state index is 1.10. The van der Waals surface area contributed by atoms with Crippen molar-refractivity contribution in [2.75, 3.05) is 4.90 Å². The molecule has 0 aliphatic carbocycles. The maximum atomic E-state index is 2.41. The van der Waals surface area contributed by atoms with Gasteiger partial charge >= 0.3 is 0 Å². The molecule has 0 atom stereocenters. The van der Waals surface area contributed by atoms with Gasteiger partial charge in [-0.05, 0) is 116 Å². The van der Waals surface area contributed by atoms with Crippen molar-refractivity contribution in [2.24, 2.45) is 0 Å². The van der Waals surface area contributed by atoms with Crippen LogP contribution in [0.15, 0.2) is 200 Å². The first kappa shape index (κ1) is 31.2. The van der Waals surface area contributed by atoms with Crippen LogP contribution in [0.3, 0.4) is 0 Å². The van der Waals surface area contributed by atoms with Gasteiger partial charge in [-0.25, -0.2) is 0 Å². The van der Waals surface area contributed by atoms with Crippen LogP contribution in [0.2, 0.25) is 0 Å². The monoisotopic (exact) mass is 704 g/mol. The van der Waals surface area contributed by atoms with Crippen molar-refractivity contribution in [2.45, 2.75) is 6.92 Å². The lowest BCUT2D eigenvalue weighted by Gasteiger charge is -2.26. The average molecular weight is 705 g/mol. The van der Waals surface area contributed by atoms with Crippen molar-refractivity contribution in [3.05, 3.63) is 206 Å². The Balaban J connectivity index is 1.05. The molecular weight excluding hydrogens is 669 g/mol. The third-order valence-electron chi connectivity index (χ3n) is 11.1. The van der Waals surface area contributed by atoms with E-state index < -0.39 is 0 Å². The fraction of sp³-hybridized carbons (Fsp3) is 0.0196. The average Bonchev–Trinajstić information content (AvgIpc) is 3.91. The van der Waals surface area contributed by atoms with Gasteiger partial charge in [-0.15, -0.1) is 0 Å². The normalized spacial score (nSPS) is 11.7. The molecule has 3 heterocycles. The molecule has 0 aliphatic rings. The van der Waals surface area contributed by atoms with Gasteiger partial charge in [0.2, 0.25) is 0 Å². The summed E-state index contributed by atoms with van der Waals surface area (Å²) in [7, 11) is 0. The predicted molar refractivity (Wildman–Crippen MR) is 231 cm³/mol. The molecule has 260 valence electrons. The van der Waals surface area contributed by atoms with Gasteiger partial charge in [-0.3, -0.25) is 0 Å². The Labute approximate surface area is 319 Å². The third kappa shape index (κ3) is 4.99.